The van der Waals surface area contributed by atoms with Crippen LogP contribution in [0.15, 0.2) is 24.3 Å². The smallest absolute Gasteiger partial charge is 0.251 e. The van der Waals surface area contributed by atoms with Crippen LogP contribution in [0.2, 0.25) is 0 Å². The van der Waals surface area contributed by atoms with Crippen LogP contribution < -0.4 is 11.1 Å². The minimum atomic E-state index is -0.242. The van der Waals surface area contributed by atoms with Gasteiger partial charge in [-0.15, -0.1) is 0 Å². The molecule has 1 aromatic rings. The standard InChI is InChI=1S/C14H20N2OS/c1-9(2)8-12(13(15)18)16-14(17)11-6-4-10(3)5-7-11/h4-7,9,12H,8H2,1-3H3,(H2,15,18)(H,16,17). The van der Waals surface area contributed by atoms with Crippen LogP contribution >= 0.6 is 12.2 Å². The summed E-state index contributed by atoms with van der Waals surface area (Å²) in [7, 11) is 0. The topological polar surface area (TPSA) is 55.1 Å². The van der Waals surface area contributed by atoms with E-state index in [4.69, 9.17) is 18.0 Å². The molecule has 98 valence electrons. The lowest BCUT2D eigenvalue weighted by Crippen LogP contribution is -2.44. The number of nitrogens with two attached hydrogens (primary N) is 1. The summed E-state index contributed by atoms with van der Waals surface area (Å²) in [4.78, 5) is 12.4. The van der Waals surface area contributed by atoms with Crippen molar-refractivity contribution >= 4 is 23.1 Å². The Morgan fingerprint density at radius 1 is 1.33 bits per heavy atom. The number of aryl methyl sites for hydroxylation is 1. The fourth-order valence-corrected chi connectivity index (χ4v) is 1.82. The van der Waals surface area contributed by atoms with Gasteiger partial charge in [-0.3, -0.25) is 4.79 Å². The SMILES string of the molecule is Cc1ccc(C(=O)NC(CC(C)C)C(N)=S)cc1. The number of carbonyl (C=O) groups excluding carboxylic acids is 1. The Morgan fingerprint density at radius 3 is 2.33 bits per heavy atom. The maximum absolute atomic E-state index is 12.0. The van der Waals surface area contributed by atoms with Gasteiger partial charge in [0, 0.05) is 5.56 Å². The molecule has 0 radical (unpaired) electrons. The maximum Gasteiger partial charge on any atom is 0.251 e. The van der Waals surface area contributed by atoms with E-state index < -0.39 is 0 Å². The van der Waals surface area contributed by atoms with Crippen molar-refractivity contribution in [2.24, 2.45) is 11.7 Å². The molecule has 1 rings (SSSR count). The monoisotopic (exact) mass is 264 g/mol. The third-order valence-corrected chi connectivity index (χ3v) is 2.95. The number of hydrogen-bond acceptors (Lipinski definition) is 2. The Kier molecular flexibility index (Phi) is 5.28. The van der Waals surface area contributed by atoms with Crippen LogP contribution in [0.3, 0.4) is 0 Å². The quantitative estimate of drug-likeness (QED) is 0.803. The molecule has 3 N–H and O–H groups in total. The molecule has 1 amide bonds. The molecule has 3 nitrogen and oxygen atoms in total. The zero-order valence-electron chi connectivity index (χ0n) is 11.1. The highest BCUT2D eigenvalue weighted by Crippen LogP contribution is 2.08. The van der Waals surface area contributed by atoms with Crippen LogP contribution in [-0.4, -0.2) is 16.9 Å². The molecule has 4 heteroatoms. The van der Waals surface area contributed by atoms with Crippen molar-refractivity contribution in [3.05, 3.63) is 35.4 Å². The van der Waals surface area contributed by atoms with E-state index in [1.54, 1.807) is 12.1 Å². The Balaban J connectivity index is 2.72. The average molecular weight is 264 g/mol. The van der Waals surface area contributed by atoms with Crippen molar-refractivity contribution in [2.75, 3.05) is 0 Å². The lowest BCUT2D eigenvalue weighted by molar-refractivity contribution is 0.0944. The molecule has 0 heterocycles. The summed E-state index contributed by atoms with van der Waals surface area (Å²) in [5.41, 5.74) is 7.41. The average Bonchev–Trinajstić information content (AvgIpc) is 2.28. The molecule has 1 unspecified atom stereocenters. The molecule has 0 aliphatic carbocycles. The van der Waals surface area contributed by atoms with Gasteiger partial charge in [-0.2, -0.15) is 0 Å². The first-order valence-corrected chi connectivity index (χ1v) is 6.48. The molecular weight excluding hydrogens is 244 g/mol. The summed E-state index contributed by atoms with van der Waals surface area (Å²) in [5, 5.41) is 2.88. The van der Waals surface area contributed by atoms with Crippen molar-refractivity contribution < 1.29 is 4.79 Å². The molecule has 0 bridgehead atoms. The van der Waals surface area contributed by atoms with Crippen molar-refractivity contribution in [3.63, 3.8) is 0 Å². The summed E-state index contributed by atoms with van der Waals surface area (Å²) < 4.78 is 0. The van der Waals surface area contributed by atoms with Gasteiger partial charge in [0.15, 0.2) is 0 Å². The normalized spacial score (nSPS) is 12.2. The predicted molar refractivity (Wildman–Crippen MR) is 78.7 cm³/mol. The first kappa shape index (κ1) is 14.6. The van der Waals surface area contributed by atoms with Gasteiger partial charge >= 0.3 is 0 Å². The van der Waals surface area contributed by atoms with E-state index in [9.17, 15) is 4.79 Å². The fraction of sp³-hybridized carbons (Fsp3) is 0.429. The van der Waals surface area contributed by atoms with Gasteiger partial charge in [0.25, 0.3) is 5.91 Å². The molecule has 0 fully saturated rings. The van der Waals surface area contributed by atoms with Crippen molar-refractivity contribution in [1.82, 2.24) is 5.32 Å². The molecule has 0 spiro atoms. The summed E-state index contributed by atoms with van der Waals surface area (Å²) in [6, 6.07) is 7.18. The van der Waals surface area contributed by atoms with E-state index in [1.807, 2.05) is 19.1 Å². The van der Waals surface area contributed by atoms with Crippen LogP contribution in [0.1, 0.15) is 36.2 Å². The number of amides is 1. The molecule has 0 aromatic heterocycles. The van der Waals surface area contributed by atoms with Gasteiger partial charge < -0.3 is 11.1 Å². The fourth-order valence-electron chi connectivity index (χ4n) is 1.66. The highest BCUT2D eigenvalue weighted by atomic mass is 32.1. The minimum Gasteiger partial charge on any atom is -0.392 e. The van der Waals surface area contributed by atoms with E-state index in [2.05, 4.69) is 19.2 Å². The Morgan fingerprint density at radius 2 is 1.89 bits per heavy atom. The number of nitrogens with one attached hydrogen (secondary N) is 1. The summed E-state index contributed by atoms with van der Waals surface area (Å²) in [6.07, 6.45) is 0.757. The largest absolute Gasteiger partial charge is 0.392 e. The molecule has 1 aromatic carbocycles. The van der Waals surface area contributed by atoms with Gasteiger partial charge in [0.1, 0.15) is 0 Å². The Hall–Kier alpha value is -1.42. The van der Waals surface area contributed by atoms with E-state index in [0.29, 0.717) is 16.5 Å². The van der Waals surface area contributed by atoms with E-state index in [-0.39, 0.29) is 11.9 Å². The second-order valence-corrected chi connectivity index (χ2v) is 5.40. The van der Waals surface area contributed by atoms with Crippen LogP contribution in [0.25, 0.3) is 0 Å². The molecule has 1 atom stereocenters. The highest BCUT2D eigenvalue weighted by Gasteiger charge is 2.17. The van der Waals surface area contributed by atoms with Crippen molar-refractivity contribution in [2.45, 2.75) is 33.2 Å². The minimum absolute atomic E-state index is 0.131. The summed E-state index contributed by atoms with van der Waals surface area (Å²) in [6.45, 7) is 6.13. The molecular formula is C14H20N2OS. The number of carbonyl (C=O) groups is 1. The van der Waals surface area contributed by atoms with Gasteiger partial charge in [0.05, 0.1) is 11.0 Å². The predicted octanol–water partition coefficient (Wildman–Crippen LogP) is 2.43. The van der Waals surface area contributed by atoms with Crippen LogP contribution in [-0.2, 0) is 0 Å². The van der Waals surface area contributed by atoms with Crippen LogP contribution in [0.5, 0.6) is 0 Å². The summed E-state index contributed by atoms with van der Waals surface area (Å²) >= 11 is 4.99. The molecule has 0 aliphatic rings. The first-order valence-electron chi connectivity index (χ1n) is 6.07. The molecule has 18 heavy (non-hydrogen) atoms. The Labute approximate surface area is 114 Å². The Bertz CT molecular complexity index is 426. The molecule has 0 saturated carbocycles. The summed E-state index contributed by atoms with van der Waals surface area (Å²) in [5.74, 6) is 0.295. The van der Waals surface area contributed by atoms with E-state index in [1.165, 1.54) is 0 Å². The lowest BCUT2D eigenvalue weighted by Gasteiger charge is -2.19. The zero-order valence-corrected chi connectivity index (χ0v) is 11.9. The van der Waals surface area contributed by atoms with E-state index in [0.717, 1.165) is 12.0 Å². The van der Waals surface area contributed by atoms with Gasteiger partial charge in [-0.25, -0.2) is 0 Å². The zero-order chi connectivity index (χ0) is 13.7. The van der Waals surface area contributed by atoms with Crippen LogP contribution in [0.4, 0.5) is 0 Å². The van der Waals surface area contributed by atoms with Gasteiger partial charge in [-0.05, 0) is 31.4 Å². The third kappa shape index (κ3) is 4.45. The first-order chi connectivity index (χ1) is 8.40. The maximum atomic E-state index is 12.0. The lowest BCUT2D eigenvalue weighted by atomic mass is 10.0. The van der Waals surface area contributed by atoms with Gasteiger partial charge in [-0.1, -0.05) is 43.8 Å². The second kappa shape index (κ2) is 6.50. The second-order valence-electron chi connectivity index (χ2n) is 4.92. The number of benzene rings is 1. The number of thiocarbonyl (C=S) groups is 1. The van der Waals surface area contributed by atoms with E-state index >= 15 is 0 Å². The number of hydrogen-bond donors (Lipinski definition) is 2. The number of rotatable bonds is 5. The van der Waals surface area contributed by atoms with Crippen molar-refractivity contribution in [1.29, 1.82) is 0 Å². The third-order valence-electron chi connectivity index (χ3n) is 2.67. The van der Waals surface area contributed by atoms with Crippen molar-refractivity contribution in [3.8, 4) is 0 Å². The molecule has 0 aliphatic heterocycles. The molecule has 0 saturated heterocycles. The highest BCUT2D eigenvalue weighted by molar-refractivity contribution is 7.80. The van der Waals surface area contributed by atoms with Crippen LogP contribution in [0, 0.1) is 12.8 Å². The van der Waals surface area contributed by atoms with Gasteiger partial charge in [0.2, 0.25) is 0 Å².